The third-order valence-corrected chi connectivity index (χ3v) is 3.56. The van der Waals surface area contributed by atoms with Gasteiger partial charge in [0, 0.05) is 18.6 Å². The average molecular weight is 280 g/mol. The van der Waals surface area contributed by atoms with Crippen molar-refractivity contribution < 1.29 is 4.39 Å². The quantitative estimate of drug-likeness (QED) is 0.753. The standard InChI is InChI=1S/C17H29FN2/c1-6-11-19-14(5)15-9-8-10-16(18)17(15)20(12-7-2)13(3)4/h8-10,13-14,19H,6-7,11-12H2,1-5H3. The van der Waals surface area contributed by atoms with Gasteiger partial charge in [0.1, 0.15) is 5.82 Å². The zero-order valence-electron chi connectivity index (χ0n) is 13.5. The normalized spacial score (nSPS) is 12.8. The van der Waals surface area contributed by atoms with Crippen molar-refractivity contribution in [3.63, 3.8) is 0 Å². The molecule has 0 aliphatic carbocycles. The van der Waals surface area contributed by atoms with Crippen molar-refractivity contribution in [1.82, 2.24) is 5.32 Å². The van der Waals surface area contributed by atoms with Crippen LogP contribution in [0.25, 0.3) is 0 Å². The maximum absolute atomic E-state index is 14.4. The van der Waals surface area contributed by atoms with E-state index < -0.39 is 0 Å². The molecule has 0 aromatic heterocycles. The number of nitrogens with one attached hydrogen (secondary N) is 1. The molecule has 0 amide bonds. The van der Waals surface area contributed by atoms with Gasteiger partial charge in [0.15, 0.2) is 0 Å². The van der Waals surface area contributed by atoms with Gasteiger partial charge < -0.3 is 10.2 Å². The Morgan fingerprint density at radius 1 is 1.15 bits per heavy atom. The summed E-state index contributed by atoms with van der Waals surface area (Å²) in [6.45, 7) is 12.5. The summed E-state index contributed by atoms with van der Waals surface area (Å²) in [5.41, 5.74) is 1.82. The van der Waals surface area contributed by atoms with Crippen molar-refractivity contribution in [2.24, 2.45) is 0 Å². The van der Waals surface area contributed by atoms with E-state index in [1.54, 1.807) is 6.07 Å². The Labute approximate surface area is 123 Å². The minimum atomic E-state index is -0.116. The van der Waals surface area contributed by atoms with Crippen molar-refractivity contribution in [1.29, 1.82) is 0 Å². The van der Waals surface area contributed by atoms with E-state index in [2.05, 4.69) is 44.8 Å². The third-order valence-electron chi connectivity index (χ3n) is 3.56. The second kappa shape index (κ2) is 8.25. The highest BCUT2D eigenvalue weighted by Gasteiger charge is 2.20. The molecule has 3 heteroatoms. The maximum Gasteiger partial charge on any atom is 0.146 e. The lowest BCUT2D eigenvalue weighted by atomic mass is 10.0. The van der Waals surface area contributed by atoms with Gasteiger partial charge in [-0.05, 0) is 51.8 Å². The number of benzene rings is 1. The lowest BCUT2D eigenvalue weighted by molar-refractivity contribution is 0.550. The lowest BCUT2D eigenvalue weighted by Crippen LogP contribution is -2.34. The van der Waals surface area contributed by atoms with Crippen LogP contribution in [0.5, 0.6) is 0 Å². The predicted octanol–water partition coefficient (Wildman–Crippen LogP) is 4.51. The van der Waals surface area contributed by atoms with Crippen molar-refractivity contribution in [2.45, 2.75) is 59.5 Å². The topological polar surface area (TPSA) is 15.3 Å². The molecule has 0 spiro atoms. The smallest absolute Gasteiger partial charge is 0.146 e. The van der Waals surface area contributed by atoms with Gasteiger partial charge in [0.05, 0.1) is 5.69 Å². The highest BCUT2D eigenvalue weighted by Crippen LogP contribution is 2.31. The van der Waals surface area contributed by atoms with E-state index in [0.29, 0.717) is 6.04 Å². The first-order chi connectivity index (χ1) is 9.52. The van der Waals surface area contributed by atoms with Crippen LogP contribution in [0.1, 0.15) is 59.1 Å². The van der Waals surface area contributed by atoms with E-state index in [1.807, 2.05) is 12.1 Å². The van der Waals surface area contributed by atoms with Crippen molar-refractivity contribution in [2.75, 3.05) is 18.0 Å². The minimum Gasteiger partial charge on any atom is -0.366 e. The summed E-state index contributed by atoms with van der Waals surface area (Å²) >= 11 is 0. The number of hydrogen-bond donors (Lipinski definition) is 1. The minimum absolute atomic E-state index is 0.116. The molecule has 0 radical (unpaired) electrons. The summed E-state index contributed by atoms with van der Waals surface area (Å²) in [4.78, 5) is 2.18. The molecular weight excluding hydrogens is 251 g/mol. The second-order valence-electron chi connectivity index (χ2n) is 5.64. The van der Waals surface area contributed by atoms with Crippen molar-refractivity contribution >= 4 is 5.69 Å². The van der Waals surface area contributed by atoms with Gasteiger partial charge in [0.2, 0.25) is 0 Å². The van der Waals surface area contributed by atoms with E-state index in [0.717, 1.165) is 37.2 Å². The molecule has 0 heterocycles. The monoisotopic (exact) mass is 280 g/mol. The van der Waals surface area contributed by atoms with Gasteiger partial charge in [-0.1, -0.05) is 26.0 Å². The number of hydrogen-bond acceptors (Lipinski definition) is 2. The van der Waals surface area contributed by atoms with Gasteiger partial charge in [-0.25, -0.2) is 4.39 Å². The Kier molecular flexibility index (Phi) is 7.00. The van der Waals surface area contributed by atoms with Crippen LogP contribution in [-0.4, -0.2) is 19.1 Å². The summed E-state index contributed by atoms with van der Waals surface area (Å²) in [5.74, 6) is -0.116. The lowest BCUT2D eigenvalue weighted by Gasteiger charge is -2.32. The first kappa shape index (κ1) is 17.0. The Hall–Kier alpha value is -1.09. The Morgan fingerprint density at radius 2 is 1.85 bits per heavy atom. The molecule has 0 aliphatic rings. The summed E-state index contributed by atoms with van der Waals surface area (Å²) < 4.78 is 14.4. The predicted molar refractivity (Wildman–Crippen MR) is 85.9 cm³/mol. The summed E-state index contributed by atoms with van der Waals surface area (Å²) in [5, 5.41) is 3.46. The number of anilines is 1. The Morgan fingerprint density at radius 3 is 2.40 bits per heavy atom. The fraction of sp³-hybridized carbons (Fsp3) is 0.647. The first-order valence-electron chi connectivity index (χ1n) is 7.81. The molecule has 1 aromatic carbocycles. The molecule has 1 atom stereocenters. The average Bonchev–Trinajstić information content (AvgIpc) is 2.42. The van der Waals surface area contributed by atoms with E-state index >= 15 is 0 Å². The van der Waals surface area contributed by atoms with Gasteiger partial charge in [0.25, 0.3) is 0 Å². The molecule has 0 fully saturated rings. The number of para-hydroxylation sites is 1. The van der Waals surface area contributed by atoms with E-state index in [1.165, 1.54) is 0 Å². The largest absolute Gasteiger partial charge is 0.366 e. The van der Waals surface area contributed by atoms with Crippen LogP contribution >= 0.6 is 0 Å². The molecule has 20 heavy (non-hydrogen) atoms. The van der Waals surface area contributed by atoms with Crippen LogP contribution in [0.4, 0.5) is 10.1 Å². The number of rotatable bonds is 8. The molecule has 1 rings (SSSR count). The molecule has 1 N–H and O–H groups in total. The molecule has 1 unspecified atom stereocenters. The van der Waals surface area contributed by atoms with Crippen LogP contribution in [0.3, 0.4) is 0 Å². The van der Waals surface area contributed by atoms with Crippen molar-refractivity contribution in [3.05, 3.63) is 29.6 Å². The zero-order chi connectivity index (χ0) is 15.1. The zero-order valence-corrected chi connectivity index (χ0v) is 13.5. The first-order valence-corrected chi connectivity index (χ1v) is 7.81. The molecule has 114 valence electrons. The van der Waals surface area contributed by atoms with Gasteiger partial charge >= 0.3 is 0 Å². The summed E-state index contributed by atoms with van der Waals surface area (Å²) in [7, 11) is 0. The van der Waals surface area contributed by atoms with Gasteiger partial charge in [-0.2, -0.15) is 0 Å². The van der Waals surface area contributed by atoms with Crippen LogP contribution < -0.4 is 10.2 Å². The Balaban J connectivity index is 3.14. The maximum atomic E-state index is 14.4. The van der Waals surface area contributed by atoms with Crippen LogP contribution in [0.15, 0.2) is 18.2 Å². The van der Waals surface area contributed by atoms with E-state index in [4.69, 9.17) is 0 Å². The fourth-order valence-electron chi connectivity index (χ4n) is 2.52. The molecule has 0 saturated carbocycles. The summed E-state index contributed by atoms with van der Waals surface area (Å²) in [6, 6.07) is 5.87. The fourth-order valence-corrected chi connectivity index (χ4v) is 2.52. The highest BCUT2D eigenvalue weighted by molar-refractivity contribution is 5.56. The molecule has 0 bridgehead atoms. The molecule has 2 nitrogen and oxygen atoms in total. The van der Waals surface area contributed by atoms with Crippen molar-refractivity contribution in [3.8, 4) is 0 Å². The highest BCUT2D eigenvalue weighted by atomic mass is 19.1. The van der Waals surface area contributed by atoms with Gasteiger partial charge in [-0.3, -0.25) is 0 Å². The second-order valence-corrected chi connectivity index (χ2v) is 5.64. The van der Waals surface area contributed by atoms with Crippen LogP contribution in [-0.2, 0) is 0 Å². The number of halogens is 1. The number of nitrogens with zero attached hydrogens (tertiary/aromatic N) is 1. The van der Waals surface area contributed by atoms with E-state index in [-0.39, 0.29) is 11.9 Å². The van der Waals surface area contributed by atoms with Gasteiger partial charge in [-0.15, -0.1) is 0 Å². The molecular formula is C17H29FN2. The molecule has 0 saturated heterocycles. The molecule has 0 aliphatic heterocycles. The Bertz CT molecular complexity index is 404. The van der Waals surface area contributed by atoms with Crippen LogP contribution in [0.2, 0.25) is 0 Å². The SMILES string of the molecule is CCCNC(C)c1cccc(F)c1N(CCC)C(C)C. The summed E-state index contributed by atoms with van der Waals surface area (Å²) in [6.07, 6.45) is 2.10. The molecule has 1 aromatic rings. The third kappa shape index (κ3) is 4.20. The van der Waals surface area contributed by atoms with E-state index in [9.17, 15) is 4.39 Å². The van der Waals surface area contributed by atoms with Crippen LogP contribution in [0, 0.1) is 5.82 Å².